The number of rotatable bonds is 3. The van der Waals surface area contributed by atoms with E-state index in [4.69, 9.17) is 0 Å². The van der Waals surface area contributed by atoms with Gasteiger partial charge >= 0.3 is 0 Å². The summed E-state index contributed by atoms with van der Waals surface area (Å²) in [5.41, 5.74) is 1.57. The molecule has 27 heavy (non-hydrogen) atoms. The first-order chi connectivity index (χ1) is 13.2. The van der Waals surface area contributed by atoms with E-state index in [9.17, 15) is 4.79 Å². The molecule has 8 nitrogen and oxygen atoms in total. The molecule has 0 spiro atoms. The summed E-state index contributed by atoms with van der Waals surface area (Å²) in [7, 11) is 1.95. The van der Waals surface area contributed by atoms with E-state index in [-0.39, 0.29) is 5.91 Å². The third-order valence-electron chi connectivity index (χ3n) is 5.39. The van der Waals surface area contributed by atoms with E-state index in [2.05, 4.69) is 31.6 Å². The number of piperidine rings is 1. The third-order valence-corrected chi connectivity index (χ3v) is 5.39. The van der Waals surface area contributed by atoms with Crippen molar-refractivity contribution in [1.82, 2.24) is 30.2 Å². The molecule has 2 aromatic heterocycles. The Kier molecular flexibility index (Phi) is 5.33. The van der Waals surface area contributed by atoms with Gasteiger partial charge in [-0.3, -0.25) is 9.48 Å². The lowest BCUT2D eigenvalue weighted by Gasteiger charge is -2.32. The molecule has 4 rings (SSSR count). The highest BCUT2D eigenvalue weighted by molar-refractivity contribution is 5.92. The highest BCUT2D eigenvalue weighted by Gasteiger charge is 2.25. The highest BCUT2D eigenvalue weighted by atomic mass is 16.2. The Morgan fingerprint density at radius 3 is 2.81 bits per heavy atom. The molecular weight excluding hydrogens is 342 g/mol. The number of carbonyl (C=O) groups is 1. The summed E-state index contributed by atoms with van der Waals surface area (Å²) in [6.45, 7) is 5.13. The molecule has 1 unspecified atom stereocenters. The van der Waals surface area contributed by atoms with Crippen LogP contribution in [-0.2, 0) is 7.05 Å². The molecule has 0 aliphatic carbocycles. The number of anilines is 1. The summed E-state index contributed by atoms with van der Waals surface area (Å²) >= 11 is 0. The predicted octanol–water partition coefficient (Wildman–Crippen LogP) is 1.03. The largest absolute Gasteiger partial charge is 0.354 e. The van der Waals surface area contributed by atoms with Gasteiger partial charge < -0.3 is 15.1 Å². The molecule has 2 aromatic rings. The Morgan fingerprint density at radius 2 is 2.04 bits per heavy atom. The third kappa shape index (κ3) is 4.10. The second-order valence-corrected chi connectivity index (χ2v) is 7.37. The van der Waals surface area contributed by atoms with Crippen LogP contribution in [-0.4, -0.2) is 70.1 Å². The summed E-state index contributed by atoms with van der Waals surface area (Å²) in [6.07, 6.45) is 5.21. The maximum atomic E-state index is 12.7. The molecule has 2 aliphatic rings. The molecule has 1 N–H and O–H groups in total. The van der Waals surface area contributed by atoms with Gasteiger partial charge in [0.2, 0.25) is 0 Å². The van der Waals surface area contributed by atoms with Gasteiger partial charge in [0.05, 0.1) is 5.69 Å². The zero-order chi connectivity index (χ0) is 18.6. The van der Waals surface area contributed by atoms with Crippen molar-refractivity contribution in [2.75, 3.05) is 44.2 Å². The number of hydrogen-bond acceptors (Lipinski definition) is 6. The van der Waals surface area contributed by atoms with Crippen LogP contribution < -0.4 is 10.2 Å². The van der Waals surface area contributed by atoms with E-state index in [0.717, 1.165) is 70.0 Å². The Hall–Kier alpha value is -2.48. The van der Waals surface area contributed by atoms with Gasteiger partial charge in [-0.1, -0.05) is 0 Å². The summed E-state index contributed by atoms with van der Waals surface area (Å²) < 4.78 is 1.85. The smallest absolute Gasteiger partial charge is 0.274 e. The molecule has 2 saturated heterocycles. The van der Waals surface area contributed by atoms with Gasteiger partial charge in [0.15, 0.2) is 11.5 Å². The predicted molar refractivity (Wildman–Crippen MR) is 103 cm³/mol. The Morgan fingerprint density at radius 1 is 1.11 bits per heavy atom. The lowest BCUT2D eigenvalue weighted by Crippen LogP contribution is -2.36. The minimum Gasteiger partial charge on any atom is -0.354 e. The lowest BCUT2D eigenvalue weighted by molar-refractivity contribution is 0.0759. The molecule has 0 saturated carbocycles. The zero-order valence-corrected chi connectivity index (χ0v) is 15.8. The molecule has 4 heterocycles. The van der Waals surface area contributed by atoms with Crippen molar-refractivity contribution in [3.05, 3.63) is 35.8 Å². The molecule has 1 amide bonds. The van der Waals surface area contributed by atoms with Crippen molar-refractivity contribution in [3.63, 3.8) is 0 Å². The van der Waals surface area contributed by atoms with Crippen LogP contribution in [0.25, 0.3) is 0 Å². The van der Waals surface area contributed by atoms with Crippen LogP contribution in [0.1, 0.15) is 41.4 Å². The maximum Gasteiger partial charge on any atom is 0.274 e. The molecule has 2 fully saturated rings. The Labute approximate surface area is 159 Å². The van der Waals surface area contributed by atoms with Crippen molar-refractivity contribution >= 4 is 11.7 Å². The summed E-state index contributed by atoms with van der Waals surface area (Å²) in [4.78, 5) is 16.8. The number of nitrogens with zero attached hydrogens (tertiary/aromatic N) is 6. The van der Waals surface area contributed by atoms with E-state index in [1.807, 2.05) is 35.0 Å². The fraction of sp³-hybridized carbons (Fsp3) is 0.579. The molecule has 0 aromatic carbocycles. The molecular formula is C19H27N7O. The molecule has 0 bridgehead atoms. The fourth-order valence-electron chi connectivity index (χ4n) is 3.90. The van der Waals surface area contributed by atoms with Crippen molar-refractivity contribution in [1.29, 1.82) is 0 Å². The first-order valence-electron chi connectivity index (χ1n) is 9.79. The number of amides is 1. The van der Waals surface area contributed by atoms with Crippen LogP contribution in [0.5, 0.6) is 0 Å². The van der Waals surface area contributed by atoms with E-state index in [0.29, 0.717) is 11.6 Å². The Bertz CT molecular complexity index is 765. The van der Waals surface area contributed by atoms with Gasteiger partial charge in [-0.25, -0.2) is 0 Å². The van der Waals surface area contributed by atoms with Crippen LogP contribution >= 0.6 is 0 Å². The van der Waals surface area contributed by atoms with Crippen molar-refractivity contribution < 1.29 is 4.79 Å². The van der Waals surface area contributed by atoms with E-state index >= 15 is 0 Å². The average Bonchev–Trinajstić information content (AvgIpc) is 2.97. The summed E-state index contributed by atoms with van der Waals surface area (Å²) in [5, 5.41) is 16.5. The summed E-state index contributed by atoms with van der Waals surface area (Å²) in [6, 6.07) is 5.84. The monoisotopic (exact) mass is 369 g/mol. The topological polar surface area (TPSA) is 79.2 Å². The number of carbonyl (C=O) groups excluding carboxylic acids is 1. The van der Waals surface area contributed by atoms with Crippen LogP contribution in [0, 0.1) is 0 Å². The molecule has 2 aliphatic heterocycles. The zero-order valence-electron chi connectivity index (χ0n) is 15.8. The van der Waals surface area contributed by atoms with E-state index in [1.54, 1.807) is 0 Å². The second-order valence-electron chi connectivity index (χ2n) is 7.37. The maximum absolute atomic E-state index is 12.7. The van der Waals surface area contributed by atoms with Crippen LogP contribution in [0.4, 0.5) is 5.82 Å². The van der Waals surface area contributed by atoms with E-state index < -0.39 is 0 Å². The first-order valence-corrected chi connectivity index (χ1v) is 9.79. The van der Waals surface area contributed by atoms with Gasteiger partial charge in [0.25, 0.3) is 5.91 Å². The Balaban J connectivity index is 1.43. The molecule has 8 heteroatoms. The van der Waals surface area contributed by atoms with Crippen LogP contribution in [0.3, 0.4) is 0 Å². The number of hydrogen-bond donors (Lipinski definition) is 1. The number of aromatic nitrogens is 4. The van der Waals surface area contributed by atoms with Gasteiger partial charge in [-0.2, -0.15) is 5.10 Å². The standard InChI is InChI=1S/C19H27N7O/c1-24-12-7-16(23-24)15-4-2-10-26(14-15)18-6-5-17(21-22-18)19(27)25-11-3-8-20-9-13-25/h5-7,12,15,20H,2-4,8-11,13-14H2,1H3. The molecule has 144 valence electrons. The van der Waals surface area contributed by atoms with Crippen molar-refractivity contribution in [3.8, 4) is 0 Å². The number of nitrogens with one attached hydrogen (secondary N) is 1. The summed E-state index contributed by atoms with van der Waals surface area (Å²) in [5.74, 6) is 1.22. The first kappa shape index (κ1) is 17.9. The van der Waals surface area contributed by atoms with Crippen molar-refractivity contribution in [2.24, 2.45) is 7.05 Å². The number of aryl methyl sites for hydroxylation is 1. The fourth-order valence-corrected chi connectivity index (χ4v) is 3.90. The van der Waals surface area contributed by atoms with Crippen LogP contribution in [0.15, 0.2) is 24.4 Å². The van der Waals surface area contributed by atoms with Crippen molar-refractivity contribution in [2.45, 2.75) is 25.2 Å². The van der Waals surface area contributed by atoms with E-state index in [1.165, 1.54) is 0 Å². The average molecular weight is 369 g/mol. The lowest BCUT2D eigenvalue weighted by atomic mass is 9.95. The SMILES string of the molecule is Cn1ccc(C2CCCN(c3ccc(C(=O)N4CCCNCC4)nn3)C2)n1. The minimum atomic E-state index is -0.0252. The van der Waals surface area contributed by atoms with Gasteiger partial charge in [-0.15, -0.1) is 10.2 Å². The second kappa shape index (κ2) is 8.04. The van der Waals surface area contributed by atoms with Gasteiger partial charge in [-0.05, 0) is 44.0 Å². The molecule has 1 atom stereocenters. The normalized spacial score (nSPS) is 21.1. The van der Waals surface area contributed by atoms with Gasteiger partial charge in [0, 0.05) is 51.9 Å². The minimum absolute atomic E-state index is 0.0252. The quantitative estimate of drug-likeness (QED) is 0.871. The van der Waals surface area contributed by atoms with Crippen LogP contribution in [0.2, 0.25) is 0 Å². The highest BCUT2D eigenvalue weighted by Crippen LogP contribution is 2.28. The molecule has 0 radical (unpaired) electrons. The van der Waals surface area contributed by atoms with Gasteiger partial charge in [0.1, 0.15) is 0 Å².